The molecule has 1 amide bonds. The van der Waals surface area contributed by atoms with Gasteiger partial charge in [0.1, 0.15) is 5.82 Å². The molecule has 0 radical (unpaired) electrons. The van der Waals surface area contributed by atoms with Crippen LogP contribution in [0.3, 0.4) is 0 Å². The molecule has 2 aromatic rings. The van der Waals surface area contributed by atoms with Gasteiger partial charge in [-0.25, -0.2) is 4.98 Å². The zero-order valence-electron chi connectivity index (χ0n) is 16.6. The van der Waals surface area contributed by atoms with Crippen molar-refractivity contribution in [3.05, 3.63) is 36.0 Å². The third kappa shape index (κ3) is 4.04. The second kappa shape index (κ2) is 8.52. The molecule has 0 aliphatic carbocycles. The number of fused-ring (bicyclic) bond motifs is 1. The van der Waals surface area contributed by atoms with Crippen molar-refractivity contribution in [3.63, 3.8) is 0 Å². The van der Waals surface area contributed by atoms with Crippen LogP contribution in [-0.4, -0.2) is 68.5 Å². The molecule has 3 heterocycles. The van der Waals surface area contributed by atoms with Crippen LogP contribution in [0.25, 0.3) is 0 Å². The van der Waals surface area contributed by atoms with Crippen LogP contribution in [0.1, 0.15) is 16.8 Å². The Morgan fingerprint density at radius 1 is 1.24 bits per heavy atom. The first-order chi connectivity index (χ1) is 14.2. The van der Waals surface area contributed by atoms with E-state index in [2.05, 4.69) is 25.5 Å². The molecule has 29 heavy (non-hydrogen) atoms. The van der Waals surface area contributed by atoms with Gasteiger partial charge in [0.25, 0.3) is 5.91 Å². The second-order valence-electron chi connectivity index (χ2n) is 6.93. The van der Waals surface area contributed by atoms with Gasteiger partial charge in [-0.15, -0.1) is 0 Å². The Balaban J connectivity index is 1.51. The maximum atomic E-state index is 13.0. The summed E-state index contributed by atoms with van der Waals surface area (Å²) >= 11 is 0. The van der Waals surface area contributed by atoms with Crippen LogP contribution in [0.4, 0.5) is 11.8 Å². The highest BCUT2D eigenvalue weighted by Crippen LogP contribution is 2.33. The van der Waals surface area contributed by atoms with Crippen LogP contribution in [-0.2, 0) is 4.74 Å². The number of rotatable bonds is 5. The number of aromatic nitrogens is 2. The first-order valence-electron chi connectivity index (χ1n) is 9.67. The molecule has 4 rings (SSSR count). The fourth-order valence-corrected chi connectivity index (χ4v) is 3.60. The Hall–Kier alpha value is -3.07. The van der Waals surface area contributed by atoms with Crippen LogP contribution in [0, 0.1) is 0 Å². The third-order valence-corrected chi connectivity index (χ3v) is 5.09. The average Bonchev–Trinajstić information content (AvgIpc) is 3.00. The summed E-state index contributed by atoms with van der Waals surface area (Å²) in [6.45, 7) is 2.30. The number of hydrogen-bond donors (Lipinski definition) is 2. The fourth-order valence-electron chi connectivity index (χ4n) is 3.60. The standard InChI is InChI=1S/C20H25N5O4/c1-21-20-22-8-7-17(24-20)25-11-14(16(12-25)27-2)23-19(26)13-5-3-6-15-18(13)29-10-4-9-28-15/h3,5-8,14,16H,4,9-12H2,1-2H3,(H,23,26)(H,21,22,24)/t14-,16+/m1/s1. The Morgan fingerprint density at radius 2 is 2.10 bits per heavy atom. The number of carbonyl (C=O) groups is 1. The van der Waals surface area contributed by atoms with Gasteiger partial charge in [0, 0.05) is 39.9 Å². The lowest BCUT2D eigenvalue weighted by Gasteiger charge is -2.19. The molecule has 1 fully saturated rings. The van der Waals surface area contributed by atoms with E-state index in [0.717, 1.165) is 12.2 Å². The van der Waals surface area contributed by atoms with Gasteiger partial charge < -0.3 is 29.7 Å². The zero-order chi connectivity index (χ0) is 20.2. The molecule has 2 atom stereocenters. The van der Waals surface area contributed by atoms with E-state index in [-0.39, 0.29) is 18.1 Å². The van der Waals surface area contributed by atoms with Crippen molar-refractivity contribution in [2.75, 3.05) is 50.7 Å². The molecule has 1 saturated heterocycles. The maximum absolute atomic E-state index is 13.0. The van der Waals surface area contributed by atoms with Crippen molar-refractivity contribution in [1.29, 1.82) is 0 Å². The number of amides is 1. The van der Waals surface area contributed by atoms with Gasteiger partial charge in [-0.1, -0.05) is 6.07 Å². The molecule has 9 heteroatoms. The van der Waals surface area contributed by atoms with Crippen LogP contribution in [0.15, 0.2) is 30.5 Å². The van der Waals surface area contributed by atoms with Crippen molar-refractivity contribution in [2.45, 2.75) is 18.6 Å². The third-order valence-electron chi connectivity index (χ3n) is 5.09. The van der Waals surface area contributed by atoms with Gasteiger partial charge in [0.2, 0.25) is 5.95 Å². The molecule has 2 aliphatic heterocycles. The van der Waals surface area contributed by atoms with Crippen LogP contribution < -0.4 is 25.0 Å². The highest BCUT2D eigenvalue weighted by molar-refractivity contribution is 5.98. The van der Waals surface area contributed by atoms with Crippen molar-refractivity contribution in [3.8, 4) is 11.5 Å². The number of methoxy groups -OCH3 is 1. The van der Waals surface area contributed by atoms with Gasteiger partial charge in [0.05, 0.1) is 30.9 Å². The number of benzene rings is 1. The predicted molar refractivity (Wildman–Crippen MR) is 108 cm³/mol. The van der Waals surface area contributed by atoms with Crippen molar-refractivity contribution >= 4 is 17.7 Å². The zero-order valence-corrected chi connectivity index (χ0v) is 16.6. The number of nitrogens with one attached hydrogen (secondary N) is 2. The SMILES string of the molecule is CNc1nccc(N2C[C@H](OC)[C@H](NC(=O)c3cccc4c3OCCCO4)C2)n1. The lowest BCUT2D eigenvalue weighted by molar-refractivity contribution is 0.0779. The first kappa shape index (κ1) is 19.3. The van der Waals surface area contributed by atoms with Crippen LogP contribution in [0.5, 0.6) is 11.5 Å². The molecule has 2 N–H and O–H groups in total. The lowest BCUT2D eigenvalue weighted by Crippen LogP contribution is -2.43. The molecule has 0 unspecified atom stereocenters. The van der Waals surface area contributed by atoms with Crippen LogP contribution in [0.2, 0.25) is 0 Å². The van der Waals surface area contributed by atoms with E-state index < -0.39 is 0 Å². The molecule has 1 aromatic carbocycles. The highest BCUT2D eigenvalue weighted by atomic mass is 16.5. The molecular formula is C20H25N5O4. The summed E-state index contributed by atoms with van der Waals surface area (Å²) in [5.74, 6) is 2.23. The molecular weight excluding hydrogens is 374 g/mol. The smallest absolute Gasteiger partial charge is 0.255 e. The Kier molecular flexibility index (Phi) is 5.66. The van der Waals surface area contributed by atoms with Crippen molar-refractivity contribution < 1.29 is 19.0 Å². The summed E-state index contributed by atoms with van der Waals surface area (Å²) in [5, 5.41) is 6.03. The Labute approximate surface area is 169 Å². The van der Waals surface area contributed by atoms with E-state index in [1.54, 1.807) is 32.5 Å². The van der Waals surface area contributed by atoms with Crippen molar-refractivity contribution in [2.24, 2.45) is 0 Å². The largest absolute Gasteiger partial charge is 0.490 e. The summed E-state index contributed by atoms with van der Waals surface area (Å²) in [6.07, 6.45) is 2.33. The molecule has 1 aromatic heterocycles. The van der Waals surface area contributed by atoms with E-state index in [1.165, 1.54) is 0 Å². The normalized spacial score (nSPS) is 20.8. The van der Waals surface area contributed by atoms with E-state index >= 15 is 0 Å². The summed E-state index contributed by atoms with van der Waals surface area (Å²) < 4.78 is 17.1. The van der Waals surface area contributed by atoms with Gasteiger partial charge in [-0.05, 0) is 18.2 Å². The minimum Gasteiger partial charge on any atom is -0.490 e. The minimum absolute atomic E-state index is 0.161. The summed E-state index contributed by atoms with van der Waals surface area (Å²) in [6, 6.07) is 7.03. The van der Waals surface area contributed by atoms with Gasteiger partial charge in [-0.2, -0.15) is 4.98 Å². The fraction of sp³-hybridized carbons (Fsp3) is 0.450. The number of ether oxygens (including phenoxy) is 3. The average molecular weight is 399 g/mol. The first-order valence-corrected chi connectivity index (χ1v) is 9.67. The minimum atomic E-state index is -0.208. The number of carbonyl (C=O) groups excluding carboxylic acids is 1. The number of nitrogens with zero attached hydrogens (tertiary/aromatic N) is 3. The number of para-hydroxylation sites is 1. The lowest BCUT2D eigenvalue weighted by atomic mass is 10.1. The molecule has 0 saturated carbocycles. The van der Waals surface area contributed by atoms with Gasteiger partial charge in [-0.3, -0.25) is 4.79 Å². The molecule has 0 spiro atoms. The summed E-state index contributed by atoms with van der Waals surface area (Å²) in [7, 11) is 3.43. The second-order valence-corrected chi connectivity index (χ2v) is 6.93. The molecule has 0 bridgehead atoms. The Bertz CT molecular complexity index is 878. The monoisotopic (exact) mass is 399 g/mol. The van der Waals surface area contributed by atoms with E-state index in [0.29, 0.717) is 49.3 Å². The quantitative estimate of drug-likeness (QED) is 0.777. The van der Waals surface area contributed by atoms with Gasteiger partial charge in [0.15, 0.2) is 11.5 Å². The van der Waals surface area contributed by atoms with E-state index in [1.807, 2.05) is 12.1 Å². The van der Waals surface area contributed by atoms with Gasteiger partial charge >= 0.3 is 0 Å². The molecule has 9 nitrogen and oxygen atoms in total. The maximum Gasteiger partial charge on any atom is 0.255 e. The Morgan fingerprint density at radius 3 is 2.93 bits per heavy atom. The topological polar surface area (TPSA) is 97.8 Å². The predicted octanol–water partition coefficient (Wildman–Crippen LogP) is 1.31. The molecule has 2 aliphatic rings. The van der Waals surface area contributed by atoms with Crippen molar-refractivity contribution in [1.82, 2.24) is 15.3 Å². The molecule has 154 valence electrons. The highest BCUT2D eigenvalue weighted by Gasteiger charge is 2.35. The van der Waals surface area contributed by atoms with Crippen LogP contribution >= 0.6 is 0 Å². The number of anilines is 2. The van der Waals surface area contributed by atoms with E-state index in [4.69, 9.17) is 14.2 Å². The van der Waals surface area contributed by atoms with E-state index in [9.17, 15) is 4.79 Å². The summed E-state index contributed by atoms with van der Waals surface area (Å²) in [5.41, 5.74) is 0.470. The summed E-state index contributed by atoms with van der Waals surface area (Å²) in [4.78, 5) is 23.7. The number of hydrogen-bond acceptors (Lipinski definition) is 8.